The summed E-state index contributed by atoms with van der Waals surface area (Å²) < 4.78 is 18.1. The van der Waals surface area contributed by atoms with E-state index in [1.165, 1.54) is 11.8 Å². The number of rotatable bonds is 9. The van der Waals surface area contributed by atoms with E-state index in [9.17, 15) is 15.0 Å². The van der Waals surface area contributed by atoms with Crippen LogP contribution in [0.1, 0.15) is 27.9 Å². The van der Waals surface area contributed by atoms with E-state index in [1.54, 1.807) is 24.3 Å². The fourth-order valence-electron chi connectivity index (χ4n) is 3.98. The fraction of sp³-hybridized carbons (Fsp3) is 0.321. The van der Waals surface area contributed by atoms with Crippen LogP contribution in [-0.4, -0.2) is 52.6 Å². The number of benzene rings is 3. The Morgan fingerprint density at radius 2 is 1.69 bits per heavy atom. The first-order valence-corrected chi connectivity index (χ1v) is 12.4. The summed E-state index contributed by atoms with van der Waals surface area (Å²) in [5.41, 5.74) is 2.53. The molecule has 0 spiro atoms. The largest absolute Gasteiger partial charge is 0.458 e. The molecule has 3 aromatic rings. The molecule has 3 unspecified atom stereocenters. The van der Waals surface area contributed by atoms with E-state index >= 15 is 0 Å². The van der Waals surface area contributed by atoms with Crippen molar-refractivity contribution in [2.75, 3.05) is 13.2 Å². The first-order valence-electron chi connectivity index (χ1n) is 11.6. The van der Waals surface area contributed by atoms with Crippen molar-refractivity contribution in [1.82, 2.24) is 0 Å². The predicted molar refractivity (Wildman–Crippen MR) is 134 cm³/mol. The quantitative estimate of drug-likeness (QED) is 0.427. The summed E-state index contributed by atoms with van der Waals surface area (Å²) >= 11 is 1.40. The summed E-state index contributed by atoms with van der Waals surface area (Å²) in [5, 5.41) is 20.9. The van der Waals surface area contributed by atoms with Gasteiger partial charge in [-0.25, -0.2) is 4.79 Å². The average Bonchev–Trinajstić information content (AvgIpc) is 2.90. The highest BCUT2D eigenvalue weighted by atomic mass is 32.2. The number of carbonyl (C=O) groups excluding carboxylic acids is 1. The first kappa shape index (κ1) is 25.4. The lowest BCUT2D eigenvalue weighted by molar-refractivity contribution is -0.214. The Labute approximate surface area is 209 Å². The molecule has 1 saturated heterocycles. The monoisotopic (exact) mass is 494 g/mol. The van der Waals surface area contributed by atoms with Gasteiger partial charge in [-0.05, 0) is 36.8 Å². The molecule has 1 heterocycles. The van der Waals surface area contributed by atoms with Gasteiger partial charge in [-0.1, -0.05) is 78.0 Å². The van der Waals surface area contributed by atoms with Crippen molar-refractivity contribution in [2.45, 2.75) is 48.1 Å². The molecule has 1 fully saturated rings. The van der Waals surface area contributed by atoms with Gasteiger partial charge in [0, 0.05) is 11.3 Å². The van der Waals surface area contributed by atoms with Gasteiger partial charge in [-0.2, -0.15) is 0 Å². The van der Waals surface area contributed by atoms with Crippen molar-refractivity contribution in [3.8, 4) is 0 Å². The smallest absolute Gasteiger partial charge is 0.338 e. The van der Waals surface area contributed by atoms with Gasteiger partial charge in [-0.15, -0.1) is 0 Å². The molecule has 7 heteroatoms. The van der Waals surface area contributed by atoms with Gasteiger partial charge in [0.05, 0.1) is 24.9 Å². The van der Waals surface area contributed by atoms with E-state index in [0.29, 0.717) is 12.2 Å². The number of ether oxygens (including phenoxy) is 3. The molecule has 0 saturated carbocycles. The zero-order valence-electron chi connectivity index (χ0n) is 19.6. The molecule has 6 nitrogen and oxygen atoms in total. The summed E-state index contributed by atoms with van der Waals surface area (Å²) in [6.07, 6.45) is -2.29. The Morgan fingerprint density at radius 1 is 1.03 bits per heavy atom. The Balaban J connectivity index is 1.57. The van der Waals surface area contributed by atoms with Gasteiger partial charge in [0.15, 0.2) is 4.93 Å². The molecule has 0 bridgehead atoms. The van der Waals surface area contributed by atoms with E-state index in [-0.39, 0.29) is 13.0 Å². The number of aliphatic hydroxyl groups excluding tert-OH is 2. The zero-order valence-corrected chi connectivity index (χ0v) is 20.4. The fourth-order valence-corrected chi connectivity index (χ4v) is 5.22. The molecule has 4 atom stereocenters. The van der Waals surface area contributed by atoms with Gasteiger partial charge in [-0.3, -0.25) is 0 Å². The summed E-state index contributed by atoms with van der Waals surface area (Å²) in [6, 6.07) is 26.4. The maximum atomic E-state index is 12.7. The number of aliphatic hydroxyl groups is 2. The van der Waals surface area contributed by atoms with E-state index in [1.807, 2.05) is 67.6 Å². The summed E-state index contributed by atoms with van der Waals surface area (Å²) in [4.78, 5) is 12.6. The van der Waals surface area contributed by atoms with Crippen LogP contribution < -0.4 is 0 Å². The number of hydrogen-bond donors (Lipinski definition) is 2. The summed E-state index contributed by atoms with van der Waals surface area (Å²) in [7, 11) is 0. The van der Waals surface area contributed by atoms with E-state index in [4.69, 9.17) is 14.2 Å². The van der Waals surface area contributed by atoms with Crippen LogP contribution in [0.5, 0.6) is 0 Å². The van der Waals surface area contributed by atoms with Crippen molar-refractivity contribution in [3.63, 3.8) is 0 Å². The molecule has 1 aliphatic rings. The molecule has 1 aliphatic heterocycles. The lowest BCUT2D eigenvalue weighted by Gasteiger charge is -2.45. The van der Waals surface area contributed by atoms with Crippen LogP contribution in [0.15, 0.2) is 89.8 Å². The Bertz CT molecular complexity index is 1080. The molecule has 184 valence electrons. The van der Waals surface area contributed by atoms with Gasteiger partial charge in [0.2, 0.25) is 0 Å². The van der Waals surface area contributed by atoms with Gasteiger partial charge in [0.25, 0.3) is 0 Å². The topological polar surface area (TPSA) is 85.2 Å². The maximum absolute atomic E-state index is 12.7. The van der Waals surface area contributed by atoms with Gasteiger partial charge < -0.3 is 24.4 Å². The minimum absolute atomic E-state index is 0.0757. The lowest BCUT2D eigenvalue weighted by atomic mass is 9.97. The third-order valence-corrected chi connectivity index (χ3v) is 7.15. The second kappa shape index (κ2) is 11.8. The molecule has 35 heavy (non-hydrogen) atoms. The highest BCUT2D eigenvalue weighted by molar-refractivity contribution is 8.00. The van der Waals surface area contributed by atoms with E-state index in [2.05, 4.69) is 0 Å². The summed E-state index contributed by atoms with van der Waals surface area (Å²) in [6.45, 7) is 1.84. The first-order chi connectivity index (χ1) is 17.0. The highest BCUT2D eigenvalue weighted by Gasteiger charge is 2.49. The lowest BCUT2D eigenvalue weighted by Crippen LogP contribution is -2.57. The number of hydrogen-bond acceptors (Lipinski definition) is 7. The number of esters is 1. The van der Waals surface area contributed by atoms with Crippen LogP contribution >= 0.6 is 11.8 Å². The molecular formula is C28H30O6S. The van der Waals surface area contributed by atoms with Crippen LogP contribution in [0.3, 0.4) is 0 Å². The van der Waals surface area contributed by atoms with Crippen LogP contribution in [0.25, 0.3) is 0 Å². The molecule has 0 aliphatic carbocycles. The highest BCUT2D eigenvalue weighted by Crippen LogP contribution is 2.44. The molecule has 3 aromatic carbocycles. The molecule has 0 amide bonds. The predicted octanol–water partition coefficient (Wildman–Crippen LogP) is 4.37. The van der Waals surface area contributed by atoms with Crippen LogP contribution in [0.4, 0.5) is 0 Å². The Kier molecular flexibility index (Phi) is 8.59. The standard InChI is InChI=1S/C28H30O6S/c1-20-12-14-23(15-13-20)35-28(19-33-27(31)22-10-6-3-7-11-22)16-24(26(30)25(17-29)34-28)32-18-21-8-4-2-5-9-21/h2-15,24-26,29-30H,16-19H2,1H3/t24?,25?,26-,28?/m0/s1. The van der Waals surface area contributed by atoms with E-state index in [0.717, 1.165) is 16.0 Å². The molecule has 4 rings (SSSR count). The van der Waals surface area contributed by atoms with Crippen molar-refractivity contribution in [2.24, 2.45) is 0 Å². The van der Waals surface area contributed by atoms with Gasteiger partial charge in [0.1, 0.15) is 18.8 Å². The van der Waals surface area contributed by atoms with Crippen molar-refractivity contribution in [1.29, 1.82) is 0 Å². The normalized spacial score (nSPS) is 24.1. The average molecular weight is 495 g/mol. The molecular weight excluding hydrogens is 464 g/mol. The second-order valence-corrected chi connectivity index (χ2v) is 10.1. The maximum Gasteiger partial charge on any atom is 0.338 e. The minimum atomic E-state index is -1.06. The van der Waals surface area contributed by atoms with Crippen molar-refractivity contribution in [3.05, 3.63) is 102 Å². The Hall–Kier alpha value is -2.68. The van der Waals surface area contributed by atoms with Crippen LogP contribution in [0, 0.1) is 6.92 Å². The molecule has 2 N–H and O–H groups in total. The SMILES string of the molecule is Cc1ccc(SC2(COC(=O)c3ccccc3)CC(OCc3ccccc3)[C@H](O)C(CO)O2)cc1. The minimum Gasteiger partial charge on any atom is -0.458 e. The van der Waals surface area contributed by atoms with Crippen molar-refractivity contribution >= 4 is 17.7 Å². The third kappa shape index (κ3) is 6.72. The third-order valence-electron chi connectivity index (χ3n) is 5.88. The molecule has 0 radical (unpaired) electrons. The zero-order chi connectivity index (χ0) is 24.7. The summed E-state index contributed by atoms with van der Waals surface area (Å²) in [5.74, 6) is -0.466. The van der Waals surface area contributed by atoms with Crippen LogP contribution in [-0.2, 0) is 20.8 Å². The number of aryl methyl sites for hydroxylation is 1. The molecule has 0 aromatic heterocycles. The number of thioether (sulfide) groups is 1. The van der Waals surface area contributed by atoms with Gasteiger partial charge >= 0.3 is 5.97 Å². The Morgan fingerprint density at radius 3 is 2.34 bits per heavy atom. The van der Waals surface area contributed by atoms with Crippen molar-refractivity contribution < 1.29 is 29.2 Å². The second-order valence-electron chi connectivity index (χ2n) is 8.64. The number of carbonyl (C=O) groups is 1. The van der Waals surface area contributed by atoms with E-state index < -0.39 is 35.8 Å². The van der Waals surface area contributed by atoms with Crippen LogP contribution in [0.2, 0.25) is 0 Å².